The van der Waals surface area contributed by atoms with Crippen LogP contribution in [0.5, 0.6) is 0 Å². The zero-order valence-electron chi connectivity index (χ0n) is 9.90. The van der Waals surface area contributed by atoms with E-state index in [4.69, 9.17) is 22.7 Å². The van der Waals surface area contributed by atoms with Gasteiger partial charge in [-0.3, -0.25) is 4.90 Å². The van der Waals surface area contributed by atoms with Crippen molar-refractivity contribution in [2.45, 2.75) is 51.8 Å². The van der Waals surface area contributed by atoms with Crippen molar-refractivity contribution in [2.75, 3.05) is 13.2 Å². The average molecular weight is 230 g/mol. The number of nitrogens with two attached hydrogens (primary N) is 1. The monoisotopic (exact) mass is 230 g/mol. The molecule has 0 aromatic carbocycles. The molecular formula is C11H22N2OS. The van der Waals surface area contributed by atoms with E-state index < -0.39 is 0 Å². The fraction of sp³-hybridized carbons (Fsp3) is 0.909. The zero-order valence-corrected chi connectivity index (χ0v) is 10.7. The number of ether oxygens (including phenoxy) is 1. The molecule has 0 aromatic heterocycles. The highest BCUT2D eigenvalue weighted by molar-refractivity contribution is 7.80. The summed E-state index contributed by atoms with van der Waals surface area (Å²) < 4.78 is 5.66. The van der Waals surface area contributed by atoms with Crippen LogP contribution in [0.3, 0.4) is 0 Å². The Kier molecular flexibility index (Phi) is 4.96. The van der Waals surface area contributed by atoms with E-state index >= 15 is 0 Å². The van der Waals surface area contributed by atoms with Crippen LogP contribution in [0.2, 0.25) is 0 Å². The van der Waals surface area contributed by atoms with E-state index in [-0.39, 0.29) is 0 Å². The lowest BCUT2D eigenvalue weighted by Crippen LogP contribution is -2.52. The van der Waals surface area contributed by atoms with Crippen molar-refractivity contribution in [1.29, 1.82) is 0 Å². The molecule has 1 fully saturated rings. The largest absolute Gasteiger partial charge is 0.393 e. The van der Waals surface area contributed by atoms with Crippen LogP contribution in [-0.4, -0.2) is 41.2 Å². The van der Waals surface area contributed by atoms with Gasteiger partial charge in [-0.25, -0.2) is 0 Å². The van der Waals surface area contributed by atoms with Crippen LogP contribution in [-0.2, 0) is 4.74 Å². The summed E-state index contributed by atoms with van der Waals surface area (Å²) in [7, 11) is 0. The molecule has 0 amide bonds. The third-order valence-electron chi connectivity index (χ3n) is 3.04. The fourth-order valence-electron chi connectivity index (χ4n) is 2.17. The first-order chi connectivity index (χ1) is 7.04. The minimum Gasteiger partial charge on any atom is -0.393 e. The van der Waals surface area contributed by atoms with Gasteiger partial charge in [-0.15, -0.1) is 0 Å². The number of hydrogen-bond acceptors (Lipinski definition) is 3. The molecule has 15 heavy (non-hydrogen) atoms. The van der Waals surface area contributed by atoms with Crippen molar-refractivity contribution in [3.63, 3.8) is 0 Å². The van der Waals surface area contributed by atoms with Gasteiger partial charge in [-0.05, 0) is 20.3 Å². The predicted octanol–water partition coefficient (Wildman–Crippen LogP) is 1.55. The van der Waals surface area contributed by atoms with E-state index in [0.717, 1.165) is 26.0 Å². The second-order valence-corrected chi connectivity index (χ2v) is 4.95. The first-order valence-corrected chi connectivity index (χ1v) is 6.11. The fourth-order valence-corrected chi connectivity index (χ4v) is 2.41. The summed E-state index contributed by atoms with van der Waals surface area (Å²) in [6.07, 6.45) is 2.24. The molecule has 1 saturated heterocycles. The summed E-state index contributed by atoms with van der Waals surface area (Å²) >= 11 is 4.97. The van der Waals surface area contributed by atoms with Gasteiger partial charge in [-0.1, -0.05) is 19.1 Å². The van der Waals surface area contributed by atoms with Crippen LogP contribution in [0.1, 0.15) is 33.6 Å². The molecule has 1 heterocycles. The van der Waals surface area contributed by atoms with Gasteiger partial charge in [0.25, 0.3) is 0 Å². The number of morpholine rings is 1. The summed E-state index contributed by atoms with van der Waals surface area (Å²) in [5.41, 5.74) is 5.60. The molecule has 3 nitrogen and oxygen atoms in total. The molecule has 3 unspecified atom stereocenters. The molecule has 0 aromatic rings. The van der Waals surface area contributed by atoms with Gasteiger partial charge < -0.3 is 10.5 Å². The SMILES string of the molecule is CCC1COC(C)CN1C(C)CC(N)=S. The lowest BCUT2D eigenvalue weighted by molar-refractivity contribution is -0.0687. The molecule has 0 spiro atoms. The highest BCUT2D eigenvalue weighted by Gasteiger charge is 2.29. The van der Waals surface area contributed by atoms with Gasteiger partial charge in [0, 0.05) is 25.0 Å². The molecule has 0 saturated carbocycles. The molecule has 88 valence electrons. The van der Waals surface area contributed by atoms with E-state index in [2.05, 4.69) is 25.7 Å². The van der Waals surface area contributed by atoms with E-state index in [1.165, 1.54) is 0 Å². The summed E-state index contributed by atoms with van der Waals surface area (Å²) in [5, 5.41) is 0. The van der Waals surface area contributed by atoms with E-state index in [1.807, 2.05) is 0 Å². The molecule has 3 atom stereocenters. The van der Waals surface area contributed by atoms with Crippen LogP contribution >= 0.6 is 12.2 Å². The molecule has 4 heteroatoms. The van der Waals surface area contributed by atoms with E-state index in [1.54, 1.807) is 0 Å². The highest BCUT2D eigenvalue weighted by atomic mass is 32.1. The quantitative estimate of drug-likeness (QED) is 0.744. The smallest absolute Gasteiger partial charge is 0.0742 e. The van der Waals surface area contributed by atoms with Crippen molar-refractivity contribution >= 4 is 17.2 Å². The first-order valence-electron chi connectivity index (χ1n) is 5.70. The van der Waals surface area contributed by atoms with Crippen LogP contribution in [0.4, 0.5) is 0 Å². The number of rotatable bonds is 4. The summed E-state index contributed by atoms with van der Waals surface area (Å²) in [6, 6.07) is 0.948. The third kappa shape index (κ3) is 3.70. The van der Waals surface area contributed by atoms with Gasteiger partial charge in [0.2, 0.25) is 0 Å². The molecule has 0 radical (unpaired) electrons. The maximum Gasteiger partial charge on any atom is 0.0742 e. The number of thiocarbonyl (C=S) groups is 1. The zero-order chi connectivity index (χ0) is 11.4. The maximum absolute atomic E-state index is 5.66. The van der Waals surface area contributed by atoms with Gasteiger partial charge in [0.05, 0.1) is 17.7 Å². The minimum atomic E-state index is 0.321. The van der Waals surface area contributed by atoms with E-state index in [0.29, 0.717) is 23.2 Å². The van der Waals surface area contributed by atoms with Crippen LogP contribution < -0.4 is 5.73 Å². The topological polar surface area (TPSA) is 38.5 Å². The average Bonchev–Trinajstić information content (AvgIpc) is 2.16. The summed E-state index contributed by atoms with van der Waals surface area (Å²) in [4.78, 5) is 3.09. The first kappa shape index (κ1) is 12.9. The Morgan fingerprint density at radius 1 is 1.67 bits per heavy atom. The Morgan fingerprint density at radius 3 is 2.87 bits per heavy atom. The van der Waals surface area contributed by atoms with Crippen molar-refractivity contribution in [3.05, 3.63) is 0 Å². The lowest BCUT2D eigenvalue weighted by Gasteiger charge is -2.41. The third-order valence-corrected chi connectivity index (χ3v) is 3.21. The molecule has 0 bridgehead atoms. The van der Waals surface area contributed by atoms with Gasteiger partial charge in [0.1, 0.15) is 0 Å². The van der Waals surface area contributed by atoms with Crippen molar-refractivity contribution in [2.24, 2.45) is 5.73 Å². The maximum atomic E-state index is 5.66. The Labute approximate surface area is 98.0 Å². The molecule has 2 N–H and O–H groups in total. The van der Waals surface area contributed by atoms with Crippen LogP contribution in [0, 0.1) is 0 Å². The van der Waals surface area contributed by atoms with Crippen molar-refractivity contribution < 1.29 is 4.74 Å². The van der Waals surface area contributed by atoms with Crippen LogP contribution in [0.15, 0.2) is 0 Å². The van der Waals surface area contributed by atoms with Crippen molar-refractivity contribution in [3.8, 4) is 0 Å². The van der Waals surface area contributed by atoms with Gasteiger partial charge in [0.15, 0.2) is 0 Å². The Balaban J connectivity index is 2.57. The Hall–Kier alpha value is -0.190. The van der Waals surface area contributed by atoms with Gasteiger partial charge in [-0.2, -0.15) is 0 Å². The standard InChI is InChI=1S/C11H22N2OS/c1-4-10-7-14-9(3)6-13(10)8(2)5-11(12)15/h8-10H,4-7H2,1-3H3,(H2,12,15). The molecule has 1 rings (SSSR count). The normalized spacial score (nSPS) is 30.1. The number of nitrogens with zero attached hydrogens (tertiary/aromatic N) is 1. The highest BCUT2D eigenvalue weighted by Crippen LogP contribution is 2.18. The minimum absolute atomic E-state index is 0.321. The van der Waals surface area contributed by atoms with E-state index in [9.17, 15) is 0 Å². The molecule has 0 aliphatic carbocycles. The lowest BCUT2D eigenvalue weighted by atomic mass is 10.1. The summed E-state index contributed by atoms with van der Waals surface area (Å²) in [5.74, 6) is 0. The molecule has 1 aliphatic rings. The van der Waals surface area contributed by atoms with Gasteiger partial charge >= 0.3 is 0 Å². The van der Waals surface area contributed by atoms with Crippen LogP contribution in [0.25, 0.3) is 0 Å². The molecule has 1 aliphatic heterocycles. The molecular weight excluding hydrogens is 208 g/mol. The van der Waals surface area contributed by atoms with Crippen molar-refractivity contribution in [1.82, 2.24) is 4.90 Å². The second-order valence-electron chi connectivity index (χ2n) is 4.42. The second kappa shape index (κ2) is 5.77. The predicted molar refractivity (Wildman–Crippen MR) is 67.1 cm³/mol. The summed E-state index contributed by atoms with van der Waals surface area (Å²) in [6.45, 7) is 8.33. The number of hydrogen-bond donors (Lipinski definition) is 1. The Bertz CT molecular complexity index is 223. The Morgan fingerprint density at radius 2 is 2.33 bits per heavy atom.